The standard InChI is InChI=1S/C22H21NO4S2/c1-27-22(24)19-11-7-18(8-12-19)16-29(25,26)23-20-13-9-17(10-14-20)15-28-21-5-3-2-4-6-21/h2-14,23H,15-16H2,1H3. The van der Waals surface area contributed by atoms with E-state index in [0.29, 0.717) is 16.8 Å². The third kappa shape index (κ3) is 6.37. The summed E-state index contributed by atoms with van der Waals surface area (Å²) in [5, 5.41) is 0. The molecule has 0 unspecified atom stereocenters. The van der Waals surface area contributed by atoms with Crippen molar-refractivity contribution < 1.29 is 17.9 Å². The summed E-state index contributed by atoms with van der Waals surface area (Å²) >= 11 is 1.73. The number of carbonyl (C=O) groups excluding carboxylic acids is 1. The molecule has 0 amide bonds. The average Bonchev–Trinajstić information content (AvgIpc) is 2.73. The Kier molecular flexibility index (Phi) is 6.95. The average molecular weight is 428 g/mol. The van der Waals surface area contributed by atoms with Gasteiger partial charge in [0.25, 0.3) is 0 Å². The van der Waals surface area contributed by atoms with Gasteiger partial charge in [0.05, 0.1) is 18.4 Å². The summed E-state index contributed by atoms with van der Waals surface area (Å²) in [7, 11) is -2.26. The number of anilines is 1. The molecule has 150 valence electrons. The monoisotopic (exact) mass is 427 g/mol. The van der Waals surface area contributed by atoms with Crippen LogP contribution in [-0.4, -0.2) is 21.5 Å². The molecule has 3 aromatic carbocycles. The molecule has 0 radical (unpaired) electrons. The summed E-state index contributed by atoms with van der Waals surface area (Å²) in [6, 6.07) is 23.8. The highest BCUT2D eigenvalue weighted by Gasteiger charge is 2.13. The molecule has 0 aliphatic carbocycles. The summed E-state index contributed by atoms with van der Waals surface area (Å²) in [5.41, 5.74) is 2.59. The van der Waals surface area contributed by atoms with Gasteiger partial charge in [0.1, 0.15) is 0 Å². The Bertz CT molecular complexity index is 1050. The molecule has 0 heterocycles. The lowest BCUT2D eigenvalue weighted by Crippen LogP contribution is -2.15. The number of esters is 1. The van der Waals surface area contributed by atoms with Crippen LogP contribution < -0.4 is 4.72 Å². The lowest BCUT2D eigenvalue weighted by Gasteiger charge is -2.09. The van der Waals surface area contributed by atoms with Crippen LogP contribution in [0.3, 0.4) is 0 Å². The number of thioether (sulfide) groups is 1. The molecule has 0 saturated carbocycles. The SMILES string of the molecule is COC(=O)c1ccc(CS(=O)(=O)Nc2ccc(CSc3ccccc3)cc2)cc1. The van der Waals surface area contributed by atoms with Crippen molar-refractivity contribution in [3.05, 3.63) is 95.6 Å². The maximum atomic E-state index is 12.4. The molecule has 3 rings (SSSR count). The van der Waals surface area contributed by atoms with Crippen molar-refractivity contribution in [2.24, 2.45) is 0 Å². The first-order valence-corrected chi connectivity index (χ1v) is 11.5. The fraction of sp³-hybridized carbons (Fsp3) is 0.136. The van der Waals surface area contributed by atoms with E-state index in [-0.39, 0.29) is 5.75 Å². The van der Waals surface area contributed by atoms with Crippen LogP contribution in [0.2, 0.25) is 0 Å². The molecule has 0 bridgehead atoms. The third-order valence-electron chi connectivity index (χ3n) is 4.11. The Balaban J connectivity index is 1.57. The summed E-state index contributed by atoms with van der Waals surface area (Å²) in [4.78, 5) is 12.6. The summed E-state index contributed by atoms with van der Waals surface area (Å²) < 4.78 is 32.1. The van der Waals surface area contributed by atoms with E-state index in [0.717, 1.165) is 11.3 Å². The lowest BCUT2D eigenvalue weighted by atomic mass is 10.1. The minimum Gasteiger partial charge on any atom is -0.465 e. The number of hydrogen-bond acceptors (Lipinski definition) is 5. The maximum absolute atomic E-state index is 12.4. The van der Waals surface area contributed by atoms with Gasteiger partial charge in [0.15, 0.2) is 0 Å². The smallest absolute Gasteiger partial charge is 0.337 e. The number of ether oxygens (including phenoxy) is 1. The maximum Gasteiger partial charge on any atom is 0.337 e. The van der Waals surface area contributed by atoms with E-state index < -0.39 is 16.0 Å². The van der Waals surface area contributed by atoms with Crippen LogP contribution in [0.1, 0.15) is 21.5 Å². The van der Waals surface area contributed by atoms with Gasteiger partial charge in [-0.25, -0.2) is 13.2 Å². The van der Waals surface area contributed by atoms with Gasteiger partial charge in [-0.3, -0.25) is 4.72 Å². The number of hydrogen-bond donors (Lipinski definition) is 1. The Morgan fingerprint density at radius 2 is 1.52 bits per heavy atom. The fourth-order valence-electron chi connectivity index (χ4n) is 2.64. The van der Waals surface area contributed by atoms with Crippen molar-refractivity contribution in [3.63, 3.8) is 0 Å². The topological polar surface area (TPSA) is 72.5 Å². The largest absolute Gasteiger partial charge is 0.465 e. The molecule has 29 heavy (non-hydrogen) atoms. The van der Waals surface area contributed by atoms with Gasteiger partial charge >= 0.3 is 5.97 Å². The molecular weight excluding hydrogens is 406 g/mol. The molecule has 7 heteroatoms. The Labute approximate surface area is 175 Å². The van der Waals surface area contributed by atoms with Crippen molar-refractivity contribution in [2.75, 3.05) is 11.8 Å². The number of methoxy groups -OCH3 is 1. The van der Waals surface area contributed by atoms with Gasteiger partial charge in [-0.1, -0.05) is 42.5 Å². The highest BCUT2D eigenvalue weighted by molar-refractivity contribution is 7.98. The van der Waals surface area contributed by atoms with Crippen LogP contribution in [0, 0.1) is 0 Å². The molecular formula is C22H21NO4S2. The van der Waals surface area contributed by atoms with Crippen LogP contribution in [0.4, 0.5) is 5.69 Å². The van der Waals surface area contributed by atoms with E-state index in [2.05, 4.69) is 21.6 Å². The van der Waals surface area contributed by atoms with E-state index in [9.17, 15) is 13.2 Å². The Hall–Kier alpha value is -2.77. The quantitative estimate of drug-likeness (QED) is 0.416. The highest BCUT2D eigenvalue weighted by atomic mass is 32.2. The second kappa shape index (κ2) is 9.62. The zero-order valence-corrected chi connectivity index (χ0v) is 17.5. The van der Waals surface area contributed by atoms with Gasteiger partial charge in [0.2, 0.25) is 10.0 Å². The number of carbonyl (C=O) groups is 1. The summed E-state index contributed by atoms with van der Waals surface area (Å²) in [6.07, 6.45) is 0. The lowest BCUT2D eigenvalue weighted by molar-refractivity contribution is 0.0600. The van der Waals surface area contributed by atoms with Gasteiger partial charge in [-0.05, 0) is 47.5 Å². The van der Waals surface area contributed by atoms with Gasteiger partial charge in [-0.2, -0.15) is 0 Å². The number of sulfonamides is 1. The van der Waals surface area contributed by atoms with Crippen molar-refractivity contribution in [2.45, 2.75) is 16.4 Å². The summed E-state index contributed by atoms with van der Waals surface area (Å²) in [5.74, 6) is 0.173. The van der Waals surface area contributed by atoms with Crippen LogP contribution in [0.5, 0.6) is 0 Å². The van der Waals surface area contributed by atoms with Crippen molar-refractivity contribution in [1.29, 1.82) is 0 Å². The zero-order valence-electron chi connectivity index (χ0n) is 15.9. The van der Waals surface area contributed by atoms with E-state index in [1.54, 1.807) is 48.2 Å². The summed E-state index contributed by atoms with van der Waals surface area (Å²) in [6.45, 7) is 0. The second-order valence-corrected chi connectivity index (χ2v) is 9.12. The predicted octanol–water partition coefficient (Wildman–Crippen LogP) is 4.71. The normalized spacial score (nSPS) is 11.1. The molecule has 0 spiro atoms. The minimum atomic E-state index is -3.57. The second-order valence-electron chi connectivity index (χ2n) is 6.35. The van der Waals surface area contributed by atoms with Crippen LogP contribution in [0.25, 0.3) is 0 Å². The number of nitrogens with one attached hydrogen (secondary N) is 1. The van der Waals surface area contributed by atoms with E-state index in [1.165, 1.54) is 12.0 Å². The molecule has 0 atom stereocenters. The highest BCUT2D eigenvalue weighted by Crippen LogP contribution is 2.23. The van der Waals surface area contributed by atoms with Crippen LogP contribution in [0.15, 0.2) is 83.8 Å². The molecule has 3 aromatic rings. The van der Waals surface area contributed by atoms with Gasteiger partial charge in [0, 0.05) is 16.3 Å². The van der Waals surface area contributed by atoms with Crippen LogP contribution in [-0.2, 0) is 26.3 Å². The molecule has 5 nitrogen and oxygen atoms in total. The first-order valence-electron chi connectivity index (χ1n) is 8.90. The molecule has 0 aliphatic heterocycles. The minimum absolute atomic E-state index is 0.180. The molecule has 1 N–H and O–H groups in total. The molecule has 0 fully saturated rings. The predicted molar refractivity (Wildman–Crippen MR) is 116 cm³/mol. The van der Waals surface area contributed by atoms with E-state index >= 15 is 0 Å². The van der Waals surface area contributed by atoms with Crippen molar-refractivity contribution in [3.8, 4) is 0 Å². The Morgan fingerprint density at radius 3 is 2.14 bits per heavy atom. The van der Waals surface area contributed by atoms with E-state index in [4.69, 9.17) is 0 Å². The van der Waals surface area contributed by atoms with Gasteiger partial charge < -0.3 is 4.74 Å². The van der Waals surface area contributed by atoms with Crippen molar-refractivity contribution in [1.82, 2.24) is 0 Å². The first kappa shape index (κ1) is 21.0. The molecule has 0 aliphatic rings. The van der Waals surface area contributed by atoms with Crippen molar-refractivity contribution >= 4 is 33.4 Å². The fourth-order valence-corrected chi connectivity index (χ4v) is 4.72. The number of benzene rings is 3. The zero-order chi connectivity index (χ0) is 20.7. The first-order chi connectivity index (χ1) is 13.9. The van der Waals surface area contributed by atoms with Crippen LogP contribution >= 0.6 is 11.8 Å². The van der Waals surface area contributed by atoms with Gasteiger partial charge in [-0.15, -0.1) is 11.8 Å². The Morgan fingerprint density at radius 1 is 0.897 bits per heavy atom. The molecule has 0 saturated heterocycles. The number of rotatable bonds is 8. The third-order valence-corrected chi connectivity index (χ3v) is 6.45. The van der Waals surface area contributed by atoms with E-state index in [1.807, 2.05) is 30.3 Å². The molecule has 0 aromatic heterocycles.